The predicted molar refractivity (Wildman–Crippen MR) is 157 cm³/mol. The number of amides is 1. The van der Waals surface area contributed by atoms with Gasteiger partial charge in [-0.15, -0.1) is 0 Å². The van der Waals surface area contributed by atoms with Gasteiger partial charge in [-0.1, -0.05) is 43.3 Å². The summed E-state index contributed by atoms with van der Waals surface area (Å²) in [5.41, 5.74) is 3.94. The summed E-state index contributed by atoms with van der Waals surface area (Å²) in [6.45, 7) is 3.93. The molecule has 0 radical (unpaired) electrons. The second-order valence-electron chi connectivity index (χ2n) is 10.8. The molecule has 0 unspecified atom stereocenters. The Morgan fingerprint density at radius 1 is 1.15 bits per heavy atom. The minimum absolute atomic E-state index is 0.103. The number of benzene rings is 3. The Labute approximate surface area is 241 Å². The summed E-state index contributed by atoms with van der Waals surface area (Å²) in [7, 11) is -1.88. The lowest BCUT2D eigenvalue weighted by atomic mass is 9.87. The van der Waals surface area contributed by atoms with Crippen molar-refractivity contribution in [2.24, 2.45) is 7.05 Å². The smallest absolute Gasteiger partial charge is 0.241 e. The van der Waals surface area contributed by atoms with E-state index in [0.29, 0.717) is 23.5 Å². The molecule has 3 aromatic carbocycles. The number of halogens is 1. The van der Waals surface area contributed by atoms with E-state index in [1.54, 1.807) is 47.5 Å². The monoisotopic (exact) mass is 574 g/mol. The van der Waals surface area contributed by atoms with Crippen molar-refractivity contribution >= 4 is 21.6 Å². The molecular weight excluding hydrogens is 539 g/mol. The van der Waals surface area contributed by atoms with Gasteiger partial charge in [-0.05, 0) is 84.7 Å². The summed E-state index contributed by atoms with van der Waals surface area (Å²) in [5.74, 6) is -0.136. The van der Waals surface area contributed by atoms with Crippen LogP contribution in [-0.2, 0) is 34.8 Å². The van der Waals surface area contributed by atoms with Crippen LogP contribution in [-0.4, -0.2) is 23.9 Å². The summed E-state index contributed by atoms with van der Waals surface area (Å²) >= 11 is 0. The Bertz CT molecular complexity index is 1670. The number of fused-ring (bicyclic) bond motifs is 1. The Morgan fingerprint density at radius 3 is 2.68 bits per heavy atom. The zero-order chi connectivity index (χ0) is 29.1. The quantitative estimate of drug-likeness (QED) is 0.268. The number of aryl methyl sites for hydroxylation is 3. The fourth-order valence-electron chi connectivity index (χ4n) is 5.49. The van der Waals surface area contributed by atoms with E-state index in [1.807, 2.05) is 55.9 Å². The molecule has 1 aromatic heterocycles. The highest BCUT2D eigenvalue weighted by Crippen LogP contribution is 2.35. The van der Waals surface area contributed by atoms with Crippen molar-refractivity contribution in [3.05, 3.63) is 113 Å². The molecule has 0 saturated carbocycles. The van der Waals surface area contributed by atoms with Crippen LogP contribution in [0.5, 0.6) is 0 Å². The number of nitrogens with one attached hydrogen (secondary N) is 1. The first-order valence-electron chi connectivity index (χ1n) is 13.8. The second-order valence-corrected chi connectivity index (χ2v) is 12.5. The zero-order valence-electron chi connectivity index (χ0n) is 23.5. The molecule has 5 rings (SSSR count). The van der Waals surface area contributed by atoms with Crippen LogP contribution in [0, 0.1) is 12.7 Å². The summed E-state index contributed by atoms with van der Waals surface area (Å²) < 4.78 is 45.9. The van der Waals surface area contributed by atoms with Gasteiger partial charge < -0.3 is 9.47 Å². The molecule has 1 aliphatic carbocycles. The molecule has 41 heavy (non-hydrogen) atoms. The number of hydrogen-bond donors (Lipinski definition) is 1. The highest BCUT2D eigenvalue weighted by molar-refractivity contribution is 7.89. The van der Waals surface area contributed by atoms with Gasteiger partial charge >= 0.3 is 0 Å². The van der Waals surface area contributed by atoms with Crippen molar-refractivity contribution in [2.75, 3.05) is 4.90 Å². The maximum absolute atomic E-state index is 14.5. The summed E-state index contributed by atoms with van der Waals surface area (Å²) in [5, 5.41) is 0. The van der Waals surface area contributed by atoms with Crippen LogP contribution in [0.25, 0.3) is 0 Å². The zero-order valence-corrected chi connectivity index (χ0v) is 24.4. The van der Waals surface area contributed by atoms with Crippen LogP contribution in [0.2, 0.25) is 0 Å². The molecule has 0 saturated heterocycles. The number of nitrogens with zero attached hydrogens (tertiary/aromatic N) is 3. The van der Waals surface area contributed by atoms with Gasteiger partial charge in [-0.2, -0.15) is 0 Å². The largest absolute Gasteiger partial charge is 0.337 e. The Hall–Kier alpha value is -3.82. The van der Waals surface area contributed by atoms with Crippen LogP contribution in [0.4, 0.5) is 10.1 Å². The summed E-state index contributed by atoms with van der Waals surface area (Å²) in [6.07, 6.45) is 5.94. The van der Waals surface area contributed by atoms with E-state index in [0.717, 1.165) is 29.5 Å². The average molecular weight is 575 g/mol. The van der Waals surface area contributed by atoms with E-state index in [1.165, 1.54) is 6.07 Å². The number of imidazole rings is 1. The molecule has 0 spiro atoms. The van der Waals surface area contributed by atoms with Crippen molar-refractivity contribution in [1.82, 2.24) is 14.3 Å². The average Bonchev–Trinajstić information content (AvgIpc) is 3.35. The third-order valence-electron chi connectivity index (χ3n) is 7.79. The molecule has 0 bridgehead atoms. The number of carbonyl (C=O) groups excluding carboxylic acids is 1. The van der Waals surface area contributed by atoms with Crippen molar-refractivity contribution in [3.63, 3.8) is 0 Å². The third kappa shape index (κ3) is 6.41. The molecule has 0 aliphatic heterocycles. The molecule has 4 aromatic rings. The van der Waals surface area contributed by atoms with E-state index in [9.17, 15) is 17.6 Å². The van der Waals surface area contributed by atoms with Crippen molar-refractivity contribution in [2.45, 2.75) is 62.9 Å². The number of sulfonamides is 1. The fourth-order valence-corrected chi connectivity index (χ4v) is 6.84. The number of carbonyl (C=O) groups is 1. The van der Waals surface area contributed by atoms with Crippen LogP contribution < -0.4 is 9.62 Å². The van der Waals surface area contributed by atoms with Gasteiger partial charge in [0.1, 0.15) is 11.6 Å². The molecule has 1 N–H and O–H groups in total. The number of anilines is 1. The number of hydrogen-bond acceptors (Lipinski definition) is 4. The molecule has 1 amide bonds. The lowest BCUT2D eigenvalue weighted by Gasteiger charge is -2.30. The summed E-state index contributed by atoms with van der Waals surface area (Å²) in [4.78, 5) is 20.1. The molecular formula is C32H35FN4O3S. The highest BCUT2D eigenvalue weighted by atomic mass is 32.2. The van der Waals surface area contributed by atoms with Gasteiger partial charge in [-0.25, -0.2) is 22.5 Å². The molecule has 214 valence electrons. The van der Waals surface area contributed by atoms with Crippen LogP contribution in [0.1, 0.15) is 66.2 Å². The minimum atomic E-state index is -3.75. The van der Waals surface area contributed by atoms with Gasteiger partial charge in [0.2, 0.25) is 15.9 Å². The van der Waals surface area contributed by atoms with E-state index in [4.69, 9.17) is 0 Å². The first kappa shape index (κ1) is 28.7. The van der Waals surface area contributed by atoms with Crippen molar-refractivity contribution in [1.29, 1.82) is 0 Å². The normalized spacial score (nSPS) is 15.8. The van der Waals surface area contributed by atoms with Gasteiger partial charge in [0.05, 0.1) is 11.4 Å². The van der Waals surface area contributed by atoms with Crippen LogP contribution in [0.3, 0.4) is 0 Å². The third-order valence-corrected chi connectivity index (χ3v) is 9.26. The van der Waals surface area contributed by atoms with E-state index in [-0.39, 0.29) is 35.5 Å². The second kappa shape index (κ2) is 12.0. The number of aromatic nitrogens is 2. The van der Waals surface area contributed by atoms with Crippen LogP contribution >= 0.6 is 0 Å². The van der Waals surface area contributed by atoms with Gasteiger partial charge in [0, 0.05) is 37.6 Å². The highest BCUT2D eigenvalue weighted by Gasteiger charge is 2.28. The summed E-state index contributed by atoms with van der Waals surface area (Å²) in [6, 6.07) is 18.8. The lowest BCUT2D eigenvalue weighted by molar-refractivity contribution is -0.119. The first-order valence-corrected chi connectivity index (χ1v) is 15.3. The standard InChI is InChI=1S/C32H35FN4O3S/c1-22-8-6-10-26(18-22)41(39,40)35-30-13-7-9-24-14-15-25(20-28(24)30)37(21-31-34-16-17-36(31)3)32(38)19-23(2)27-11-4-5-12-29(27)33/h4-6,8,10-12,14-18,20,23,30,35H,7,9,13,19,21H2,1-3H3/t23-,30-/m0/s1. The molecule has 7 nitrogen and oxygen atoms in total. The SMILES string of the molecule is Cc1cccc(S(=O)(=O)N[C@H]2CCCc3ccc(N(Cc4nccn4C)C(=O)C[C@H](C)c4ccccc4F)cc32)c1. The van der Waals surface area contributed by atoms with Gasteiger partial charge in [0.15, 0.2) is 0 Å². The minimum Gasteiger partial charge on any atom is -0.337 e. The fraction of sp³-hybridized carbons (Fsp3) is 0.312. The van der Waals surface area contributed by atoms with E-state index < -0.39 is 16.1 Å². The molecule has 2 atom stereocenters. The molecule has 1 heterocycles. The predicted octanol–water partition coefficient (Wildman–Crippen LogP) is 5.95. The molecule has 0 fully saturated rings. The molecule has 1 aliphatic rings. The van der Waals surface area contributed by atoms with Crippen LogP contribution in [0.15, 0.2) is 84.0 Å². The maximum Gasteiger partial charge on any atom is 0.241 e. The molecule has 9 heteroatoms. The van der Waals surface area contributed by atoms with Crippen molar-refractivity contribution < 1.29 is 17.6 Å². The Kier molecular flexibility index (Phi) is 8.37. The maximum atomic E-state index is 14.5. The lowest BCUT2D eigenvalue weighted by Crippen LogP contribution is -2.34. The van der Waals surface area contributed by atoms with Gasteiger partial charge in [-0.3, -0.25) is 4.79 Å². The topological polar surface area (TPSA) is 84.3 Å². The first-order chi connectivity index (χ1) is 19.6. The number of rotatable bonds is 9. The Balaban J connectivity index is 1.47. The van der Waals surface area contributed by atoms with E-state index >= 15 is 0 Å². The van der Waals surface area contributed by atoms with E-state index in [2.05, 4.69) is 9.71 Å². The van der Waals surface area contributed by atoms with Gasteiger partial charge in [0.25, 0.3) is 0 Å². The van der Waals surface area contributed by atoms with Crippen molar-refractivity contribution in [3.8, 4) is 0 Å². The Morgan fingerprint density at radius 2 is 1.95 bits per heavy atom.